The summed E-state index contributed by atoms with van der Waals surface area (Å²) in [5.74, 6) is 1.10. The zero-order valence-electron chi connectivity index (χ0n) is 16.2. The molecule has 1 atom stereocenters. The number of fused-ring (bicyclic) bond motifs is 1. The molecule has 1 aliphatic carbocycles. The summed E-state index contributed by atoms with van der Waals surface area (Å²) in [5, 5.41) is 0. The minimum atomic E-state index is 0.697. The van der Waals surface area contributed by atoms with Crippen LogP contribution in [-0.2, 0) is 19.4 Å². The Morgan fingerprint density at radius 1 is 0.964 bits per heavy atom. The highest BCUT2D eigenvalue weighted by Crippen LogP contribution is 2.26. The number of piperazine rings is 1. The van der Waals surface area contributed by atoms with E-state index in [0.29, 0.717) is 6.04 Å². The molecule has 0 spiro atoms. The first-order valence-corrected chi connectivity index (χ1v) is 10.3. The first kappa shape index (κ1) is 17.4. The van der Waals surface area contributed by atoms with Crippen LogP contribution in [0.5, 0.6) is 0 Å². The van der Waals surface area contributed by atoms with Gasteiger partial charge in [0.1, 0.15) is 5.82 Å². The van der Waals surface area contributed by atoms with Crippen LogP contribution < -0.4 is 4.90 Å². The molecule has 1 fully saturated rings. The molecule has 3 heterocycles. The van der Waals surface area contributed by atoms with Crippen molar-refractivity contribution in [1.29, 1.82) is 0 Å². The van der Waals surface area contributed by atoms with Gasteiger partial charge in [0.2, 0.25) is 0 Å². The van der Waals surface area contributed by atoms with Crippen LogP contribution in [-0.4, -0.2) is 51.7 Å². The van der Waals surface area contributed by atoms with Crippen molar-refractivity contribution in [3.8, 4) is 0 Å². The fourth-order valence-electron chi connectivity index (χ4n) is 4.59. The van der Waals surface area contributed by atoms with Gasteiger partial charge in [0.25, 0.3) is 0 Å². The van der Waals surface area contributed by atoms with E-state index >= 15 is 0 Å². The van der Waals surface area contributed by atoms with Gasteiger partial charge in [0.05, 0.1) is 6.33 Å². The number of aryl methyl sites for hydroxylation is 1. The number of hydrogen-bond acceptors (Lipinski definition) is 4. The van der Waals surface area contributed by atoms with Crippen molar-refractivity contribution in [3.63, 3.8) is 0 Å². The second kappa shape index (κ2) is 7.76. The molecule has 0 unspecified atom stereocenters. The lowest BCUT2D eigenvalue weighted by Crippen LogP contribution is -2.52. The monoisotopic (exact) mass is 373 g/mol. The Hall–Kier alpha value is -2.66. The van der Waals surface area contributed by atoms with Crippen LogP contribution >= 0.6 is 0 Å². The van der Waals surface area contributed by atoms with E-state index in [2.05, 4.69) is 55.7 Å². The highest BCUT2D eigenvalue weighted by molar-refractivity contribution is 5.40. The van der Waals surface area contributed by atoms with Crippen molar-refractivity contribution in [3.05, 3.63) is 78.0 Å². The normalized spacial score (nSPS) is 20.1. The Morgan fingerprint density at radius 2 is 1.82 bits per heavy atom. The molecule has 5 rings (SSSR count). The van der Waals surface area contributed by atoms with Crippen molar-refractivity contribution in [2.24, 2.45) is 0 Å². The lowest BCUT2D eigenvalue weighted by molar-refractivity contribution is 0.169. The third kappa shape index (κ3) is 3.67. The van der Waals surface area contributed by atoms with E-state index in [1.807, 2.05) is 24.9 Å². The number of nitrogens with zero attached hydrogens (tertiary/aromatic N) is 5. The summed E-state index contributed by atoms with van der Waals surface area (Å²) >= 11 is 0. The number of anilines is 1. The molecule has 0 bridgehead atoms. The molecule has 1 aliphatic heterocycles. The van der Waals surface area contributed by atoms with Gasteiger partial charge in [-0.1, -0.05) is 30.3 Å². The van der Waals surface area contributed by atoms with Crippen LogP contribution in [0, 0.1) is 0 Å². The van der Waals surface area contributed by atoms with Crippen LogP contribution in [0.15, 0.2) is 61.3 Å². The third-order valence-corrected chi connectivity index (χ3v) is 6.21. The molecule has 0 N–H and O–H groups in total. The molecule has 2 aliphatic rings. The first-order chi connectivity index (χ1) is 13.8. The molecule has 144 valence electrons. The molecule has 5 heteroatoms. The SMILES string of the molecule is c1ccc2c(c1)CC[C@@H](N1CCN(c3ccc(Cn4ccnc4)cn3)CC1)C2. The van der Waals surface area contributed by atoms with Gasteiger partial charge in [-0.25, -0.2) is 9.97 Å². The molecule has 28 heavy (non-hydrogen) atoms. The van der Waals surface area contributed by atoms with Crippen LogP contribution in [0.4, 0.5) is 5.82 Å². The third-order valence-electron chi connectivity index (χ3n) is 6.21. The Kier molecular flexibility index (Phi) is 4.83. The fourth-order valence-corrected chi connectivity index (χ4v) is 4.59. The summed E-state index contributed by atoms with van der Waals surface area (Å²) < 4.78 is 2.07. The van der Waals surface area contributed by atoms with Gasteiger partial charge < -0.3 is 9.47 Å². The molecule has 1 saturated heterocycles. The first-order valence-electron chi connectivity index (χ1n) is 10.3. The molecule has 2 aromatic heterocycles. The second-order valence-corrected chi connectivity index (χ2v) is 7.95. The van der Waals surface area contributed by atoms with Crippen molar-refractivity contribution in [1.82, 2.24) is 19.4 Å². The van der Waals surface area contributed by atoms with Crippen LogP contribution in [0.1, 0.15) is 23.1 Å². The van der Waals surface area contributed by atoms with E-state index in [0.717, 1.165) is 38.5 Å². The van der Waals surface area contributed by atoms with E-state index in [9.17, 15) is 0 Å². The van der Waals surface area contributed by atoms with Crippen LogP contribution in [0.2, 0.25) is 0 Å². The summed E-state index contributed by atoms with van der Waals surface area (Å²) in [7, 11) is 0. The van der Waals surface area contributed by atoms with Crippen LogP contribution in [0.25, 0.3) is 0 Å². The van der Waals surface area contributed by atoms with E-state index in [-0.39, 0.29) is 0 Å². The summed E-state index contributed by atoms with van der Waals surface area (Å²) in [6.45, 7) is 5.21. The Bertz CT molecular complexity index is 895. The van der Waals surface area contributed by atoms with Gasteiger partial charge in [-0.15, -0.1) is 0 Å². The summed E-state index contributed by atoms with van der Waals surface area (Å²) in [4.78, 5) is 13.9. The maximum atomic E-state index is 4.72. The quantitative estimate of drug-likeness (QED) is 0.705. The predicted octanol–water partition coefficient (Wildman–Crippen LogP) is 3.01. The highest BCUT2D eigenvalue weighted by Gasteiger charge is 2.27. The van der Waals surface area contributed by atoms with Crippen molar-refractivity contribution in [2.75, 3.05) is 31.1 Å². The number of benzene rings is 1. The maximum Gasteiger partial charge on any atom is 0.128 e. The smallest absolute Gasteiger partial charge is 0.128 e. The number of pyridine rings is 1. The molecule has 5 nitrogen and oxygen atoms in total. The minimum absolute atomic E-state index is 0.697. The van der Waals surface area contributed by atoms with Gasteiger partial charge in [-0.05, 0) is 42.0 Å². The topological polar surface area (TPSA) is 37.2 Å². The fraction of sp³-hybridized carbons (Fsp3) is 0.391. The minimum Gasteiger partial charge on any atom is -0.354 e. The number of hydrogen-bond donors (Lipinski definition) is 0. The lowest BCUT2D eigenvalue weighted by Gasteiger charge is -2.41. The van der Waals surface area contributed by atoms with Gasteiger partial charge in [0.15, 0.2) is 0 Å². The average Bonchev–Trinajstić information content (AvgIpc) is 3.27. The van der Waals surface area contributed by atoms with Crippen molar-refractivity contribution in [2.45, 2.75) is 31.8 Å². The van der Waals surface area contributed by atoms with Crippen LogP contribution in [0.3, 0.4) is 0 Å². The van der Waals surface area contributed by atoms with E-state index in [1.165, 1.54) is 24.8 Å². The van der Waals surface area contributed by atoms with Gasteiger partial charge in [-0.2, -0.15) is 0 Å². The molecule has 3 aromatic rings. The number of imidazole rings is 1. The molecule has 0 amide bonds. The van der Waals surface area contributed by atoms with E-state index < -0.39 is 0 Å². The summed E-state index contributed by atoms with van der Waals surface area (Å²) in [6.07, 6.45) is 11.4. The zero-order chi connectivity index (χ0) is 18.8. The second-order valence-electron chi connectivity index (χ2n) is 7.95. The van der Waals surface area contributed by atoms with E-state index in [1.54, 1.807) is 11.1 Å². The van der Waals surface area contributed by atoms with Gasteiger partial charge in [0, 0.05) is 57.4 Å². The average molecular weight is 374 g/mol. The largest absolute Gasteiger partial charge is 0.354 e. The number of aromatic nitrogens is 3. The molecule has 1 aromatic carbocycles. The Balaban J connectivity index is 1.17. The molecule has 0 saturated carbocycles. The summed E-state index contributed by atoms with van der Waals surface area (Å²) in [6, 6.07) is 14.0. The Labute approximate surface area is 166 Å². The Morgan fingerprint density at radius 3 is 2.57 bits per heavy atom. The highest BCUT2D eigenvalue weighted by atomic mass is 15.3. The van der Waals surface area contributed by atoms with Gasteiger partial charge >= 0.3 is 0 Å². The van der Waals surface area contributed by atoms with E-state index in [4.69, 9.17) is 4.98 Å². The van der Waals surface area contributed by atoms with Gasteiger partial charge in [-0.3, -0.25) is 4.90 Å². The predicted molar refractivity (Wildman–Crippen MR) is 112 cm³/mol. The standard InChI is InChI=1S/C23H27N5/c1-2-4-21-15-22(7-6-20(21)3-1)27-11-13-28(14-12-27)23-8-5-19(16-25-23)17-26-10-9-24-18-26/h1-5,8-10,16,18,22H,6-7,11-15,17H2/t22-/m1/s1. The number of rotatable bonds is 4. The maximum absolute atomic E-state index is 4.72. The lowest BCUT2D eigenvalue weighted by atomic mass is 9.87. The molecular formula is C23H27N5. The molecular weight excluding hydrogens is 346 g/mol. The molecule has 0 radical (unpaired) electrons. The van der Waals surface area contributed by atoms with Crippen molar-refractivity contribution < 1.29 is 0 Å². The summed E-state index contributed by atoms with van der Waals surface area (Å²) in [5.41, 5.74) is 4.31. The van der Waals surface area contributed by atoms with Crippen molar-refractivity contribution >= 4 is 5.82 Å². The zero-order valence-corrected chi connectivity index (χ0v) is 16.2.